The number of piperazine rings is 1. The summed E-state index contributed by atoms with van der Waals surface area (Å²) in [6.07, 6.45) is 0. The van der Waals surface area contributed by atoms with Gasteiger partial charge in [0.25, 0.3) is 5.91 Å². The lowest BCUT2D eigenvalue weighted by atomic mass is 10.1. The number of benzene rings is 1. The van der Waals surface area contributed by atoms with E-state index in [4.69, 9.17) is 0 Å². The van der Waals surface area contributed by atoms with Crippen LogP contribution in [0.15, 0.2) is 18.2 Å². The maximum atomic E-state index is 13.7. The Morgan fingerprint density at radius 3 is 2.52 bits per heavy atom. The predicted molar refractivity (Wildman–Crippen MR) is 80.7 cm³/mol. The molecule has 1 aromatic carbocycles. The molecule has 0 unspecified atom stereocenters. The van der Waals surface area contributed by atoms with Gasteiger partial charge in [-0.25, -0.2) is 8.78 Å². The molecule has 2 rings (SSSR count). The van der Waals surface area contributed by atoms with Crippen LogP contribution in [0.25, 0.3) is 0 Å². The van der Waals surface area contributed by atoms with Crippen molar-refractivity contribution in [2.24, 2.45) is 0 Å². The second-order valence-electron chi connectivity index (χ2n) is 5.89. The molecule has 1 aliphatic rings. The van der Waals surface area contributed by atoms with Crippen molar-refractivity contribution >= 4 is 11.8 Å². The van der Waals surface area contributed by atoms with Gasteiger partial charge in [-0.15, -0.1) is 0 Å². The van der Waals surface area contributed by atoms with E-state index >= 15 is 0 Å². The molecule has 7 heteroatoms. The van der Waals surface area contributed by atoms with Crippen LogP contribution >= 0.6 is 0 Å². The number of carbonyl (C=O) groups excluding carboxylic acids is 2. The van der Waals surface area contributed by atoms with Crippen molar-refractivity contribution in [3.8, 4) is 0 Å². The number of hydrogen-bond acceptors (Lipinski definition) is 2. The summed E-state index contributed by atoms with van der Waals surface area (Å²) in [7, 11) is 0. The van der Waals surface area contributed by atoms with Crippen LogP contribution in [0.1, 0.15) is 25.5 Å². The zero-order valence-electron chi connectivity index (χ0n) is 13.4. The Hall–Kier alpha value is -2.02. The highest BCUT2D eigenvalue weighted by Gasteiger charge is 2.24. The quantitative estimate of drug-likeness (QED) is 0.811. The third-order valence-corrected chi connectivity index (χ3v) is 4.13. The van der Waals surface area contributed by atoms with Crippen LogP contribution in [0.5, 0.6) is 0 Å². The molecule has 0 aliphatic carbocycles. The van der Waals surface area contributed by atoms with Gasteiger partial charge in [-0.3, -0.25) is 9.59 Å². The van der Waals surface area contributed by atoms with Crippen LogP contribution in [0, 0.1) is 11.6 Å². The van der Waals surface area contributed by atoms with Crippen LogP contribution in [0.2, 0.25) is 0 Å². The first-order chi connectivity index (χ1) is 10.9. The summed E-state index contributed by atoms with van der Waals surface area (Å²) in [5.41, 5.74) is 0.260. The molecule has 1 heterocycles. The summed E-state index contributed by atoms with van der Waals surface area (Å²) in [4.78, 5) is 26.2. The van der Waals surface area contributed by atoms with Gasteiger partial charge < -0.3 is 15.1 Å². The molecule has 126 valence electrons. The summed E-state index contributed by atoms with van der Waals surface area (Å²) in [5.74, 6) is -1.45. The maximum absolute atomic E-state index is 13.7. The van der Waals surface area contributed by atoms with E-state index in [1.54, 1.807) is 11.8 Å². The number of amides is 2. The van der Waals surface area contributed by atoms with E-state index in [9.17, 15) is 18.4 Å². The molecule has 0 spiro atoms. The van der Waals surface area contributed by atoms with Gasteiger partial charge in [0.15, 0.2) is 6.54 Å². The number of halogens is 2. The Morgan fingerprint density at radius 1 is 1.30 bits per heavy atom. The van der Waals surface area contributed by atoms with Crippen LogP contribution in [0.4, 0.5) is 8.78 Å². The zero-order chi connectivity index (χ0) is 17.0. The molecule has 0 aromatic heterocycles. The predicted octanol–water partition coefficient (Wildman–Crippen LogP) is -0.111. The fourth-order valence-electron chi connectivity index (χ4n) is 2.76. The van der Waals surface area contributed by atoms with E-state index in [0.29, 0.717) is 26.2 Å². The molecule has 23 heavy (non-hydrogen) atoms. The van der Waals surface area contributed by atoms with Gasteiger partial charge in [-0.05, 0) is 13.0 Å². The van der Waals surface area contributed by atoms with E-state index in [0.717, 1.165) is 11.0 Å². The lowest BCUT2D eigenvalue weighted by molar-refractivity contribution is -0.896. The first-order valence-electron chi connectivity index (χ1n) is 7.70. The second-order valence-corrected chi connectivity index (χ2v) is 5.89. The highest BCUT2D eigenvalue weighted by atomic mass is 19.1. The van der Waals surface area contributed by atoms with Crippen molar-refractivity contribution in [3.05, 3.63) is 35.4 Å². The fourth-order valence-corrected chi connectivity index (χ4v) is 2.76. The maximum Gasteiger partial charge on any atom is 0.275 e. The average molecular weight is 326 g/mol. The Labute approximate surface area is 134 Å². The fraction of sp³-hybridized carbons (Fsp3) is 0.500. The summed E-state index contributed by atoms with van der Waals surface area (Å²) in [6.45, 7) is 6.19. The van der Waals surface area contributed by atoms with Crippen LogP contribution in [0.3, 0.4) is 0 Å². The molecular weight excluding hydrogens is 304 g/mol. The minimum atomic E-state index is -0.666. The minimum absolute atomic E-state index is 0.0499. The average Bonchev–Trinajstić information content (AvgIpc) is 2.47. The SMILES string of the molecule is CC(=O)N1CC[NH+](CC(=O)N[C@@H](C)c2ccc(F)cc2F)CC1. The summed E-state index contributed by atoms with van der Waals surface area (Å²) in [6, 6.07) is 2.80. The Bertz CT molecular complexity index is 587. The molecule has 2 amide bonds. The van der Waals surface area contributed by atoms with Gasteiger partial charge in [0.1, 0.15) is 11.6 Å². The Morgan fingerprint density at radius 2 is 1.96 bits per heavy atom. The third-order valence-electron chi connectivity index (χ3n) is 4.13. The van der Waals surface area contributed by atoms with Crippen LogP contribution in [-0.4, -0.2) is 49.4 Å². The van der Waals surface area contributed by atoms with Gasteiger partial charge in [0.05, 0.1) is 32.2 Å². The molecule has 1 atom stereocenters. The molecule has 1 aromatic rings. The highest BCUT2D eigenvalue weighted by Crippen LogP contribution is 2.17. The van der Waals surface area contributed by atoms with E-state index in [1.807, 2.05) is 0 Å². The number of quaternary nitrogens is 1. The van der Waals surface area contributed by atoms with Gasteiger partial charge in [0, 0.05) is 18.6 Å². The number of carbonyl (C=O) groups is 2. The summed E-state index contributed by atoms with van der Waals surface area (Å²) in [5, 5.41) is 2.73. The molecular formula is C16H22F2N3O2+. The number of nitrogens with one attached hydrogen (secondary N) is 2. The molecule has 1 aliphatic heterocycles. The third kappa shape index (κ3) is 4.72. The van der Waals surface area contributed by atoms with E-state index in [-0.39, 0.29) is 23.9 Å². The number of rotatable bonds is 4. The smallest absolute Gasteiger partial charge is 0.275 e. The van der Waals surface area contributed by atoms with Gasteiger partial charge >= 0.3 is 0 Å². The van der Waals surface area contributed by atoms with Gasteiger partial charge in [-0.2, -0.15) is 0 Å². The van der Waals surface area contributed by atoms with Crippen LogP contribution < -0.4 is 10.2 Å². The van der Waals surface area contributed by atoms with Gasteiger partial charge in [-0.1, -0.05) is 6.07 Å². The largest absolute Gasteiger partial charge is 0.345 e. The second kappa shape index (κ2) is 7.50. The molecule has 1 fully saturated rings. The summed E-state index contributed by atoms with van der Waals surface area (Å²) >= 11 is 0. The zero-order valence-corrected chi connectivity index (χ0v) is 13.4. The van der Waals surface area contributed by atoms with Crippen molar-refractivity contribution in [2.75, 3.05) is 32.7 Å². The standard InChI is InChI=1S/C16H21F2N3O2/c1-11(14-4-3-13(17)9-15(14)18)19-16(23)10-20-5-7-21(8-6-20)12(2)22/h3-4,9,11H,5-8,10H2,1-2H3,(H,19,23)/p+1/t11-/m0/s1. The number of nitrogens with zero attached hydrogens (tertiary/aromatic N) is 1. The minimum Gasteiger partial charge on any atom is -0.345 e. The van der Waals surface area contributed by atoms with Gasteiger partial charge in [0.2, 0.25) is 5.91 Å². The summed E-state index contributed by atoms with van der Waals surface area (Å²) < 4.78 is 26.6. The monoisotopic (exact) mass is 326 g/mol. The molecule has 0 saturated carbocycles. The normalized spacial score (nSPS) is 17.0. The first-order valence-corrected chi connectivity index (χ1v) is 7.70. The molecule has 0 radical (unpaired) electrons. The highest BCUT2D eigenvalue weighted by molar-refractivity contribution is 5.77. The molecule has 2 N–H and O–H groups in total. The van der Waals surface area contributed by atoms with Crippen molar-refractivity contribution in [3.63, 3.8) is 0 Å². The van der Waals surface area contributed by atoms with Crippen molar-refractivity contribution in [1.29, 1.82) is 0 Å². The molecule has 1 saturated heterocycles. The van der Waals surface area contributed by atoms with Crippen molar-refractivity contribution in [2.45, 2.75) is 19.9 Å². The molecule has 5 nitrogen and oxygen atoms in total. The number of hydrogen-bond donors (Lipinski definition) is 2. The van der Waals surface area contributed by atoms with Crippen molar-refractivity contribution < 1.29 is 23.3 Å². The van der Waals surface area contributed by atoms with Crippen LogP contribution in [-0.2, 0) is 9.59 Å². The molecule has 0 bridgehead atoms. The van der Waals surface area contributed by atoms with E-state index in [2.05, 4.69) is 5.32 Å². The first kappa shape index (κ1) is 17.3. The Kier molecular flexibility index (Phi) is 5.65. The Balaban J connectivity index is 1.84. The topological polar surface area (TPSA) is 53.9 Å². The lowest BCUT2D eigenvalue weighted by Gasteiger charge is -2.31. The lowest BCUT2D eigenvalue weighted by Crippen LogP contribution is -3.15. The van der Waals surface area contributed by atoms with E-state index in [1.165, 1.54) is 19.1 Å². The van der Waals surface area contributed by atoms with Crippen molar-refractivity contribution in [1.82, 2.24) is 10.2 Å². The van der Waals surface area contributed by atoms with E-state index < -0.39 is 17.7 Å².